The minimum absolute atomic E-state index is 0.0797. The lowest BCUT2D eigenvalue weighted by Gasteiger charge is -1.90. The van der Waals surface area contributed by atoms with Crippen molar-refractivity contribution >= 4 is 0 Å². The van der Waals surface area contributed by atoms with Crippen molar-refractivity contribution in [1.29, 1.82) is 0 Å². The summed E-state index contributed by atoms with van der Waals surface area (Å²) in [4.78, 5) is 0. The second-order valence-electron chi connectivity index (χ2n) is 1.64. The van der Waals surface area contributed by atoms with Crippen LogP contribution in [0.3, 0.4) is 0 Å². The van der Waals surface area contributed by atoms with Gasteiger partial charge in [0, 0.05) is 0 Å². The average Bonchev–Trinajstić information content (AvgIpc) is 2.08. The summed E-state index contributed by atoms with van der Waals surface area (Å²) < 4.78 is 0. The van der Waals surface area contributed by atoms with Crippen LogP contribution in [0.15, 0.2) is 36.5 Å². The Morgan fingerprint density at radius 3 is 2.27 bits per heavy atom. The predicted molar refractivity (Wildman–Crippen MR) is 51.5 cm³/mol. The van der Waals surface area contributed by atoms with E-state index in [2.05, 4.69) is 6.58 Å². The third kappa shape index (κ3) is 9.18. The monoisotopic (exact) mass is 154 g/mol. The van der Waals surface area contributed by atoms with Crippen LogP contribution in [0.2, 0.25) is 0 Å². The van der Waals surface area contributed by atoms with Gasteiger partial charge >= 0.3 is 0 Å². The van der Waals surface area contributed by atoms with E-state index in [-0.39, 0.29) is 6.61 Å². The summed E-state index contributed by atoms with van der Waals surface area (Å²) in [5.74, 6) is 0. The van der Waals surface area contributed by atoms with Crippen LogP contribution in [-0.4, -0.2) is 11.7 Å². The van der Waals surface area contributed by atoms with Gasteiger partial charge in [0.15, 0.2) is 0 Å². The summed E-state index contributed by atoms with van der Waals surface area (Å²) in [5, 5.41) is 8.62. The highest BCUT2D eigenvalue weighted by Crippen LogP contribution is 1.94. The molecule has 0 bridgehead atoms. The molecule has 1 N–H and O–H groups in total. The Morgan fingerprint density at radius 1 is 1.45 bits per heavy atom. The van der Waals surface area contributed by atoms with E-state index < -0.39 is 0 Å². The van der Waals surface area contributed by atoms with Crippen LogP contribution in [0.25, 0.3) is 0 Å². The van der Waals surface area contributed by atoms with Crippen LogP contribution in [0.5, 0.6) is 0 Å². The molecule has 0 atom stereocenters. The van der Waals surface area contributed by atoms with Crippen molar-refractivity contribution in [3.63, 3.8) is 0 Å². The number of aliphatic hydroxyl groups excluding tert-OH is 1. The minimum Gasteiger partial charge on any atom is -0.392 e. The van der Waals surface area contributed by atoms with Gasteiger partial charge in [-0.3, -0.25) is 0 Å². The van der Waals surface area contributed by atoms with Crippen molar-refractivity contribution in [2.75, 3.05) is 6.61 Å². The molecule has 0 saturated heterocycles. The summed E-state index contributed by atoms with van der Waals surface area (Å²) in [6.07, 6.45) is 7.17. The maximum absolute atomic E-state index is 8.62. The van der Waals surface area contributed by atoms with E-state index in [0.717, 1.165) is 5.57 Å². The first-order valence-corrected chi connectivity index (χ1v) is 3.90. The molecular weight excluding hydrogens is 136 g/mol. The summed E-state index contributed by atoms with van der Waals surface area (Å²) >= 11 is 0. The molecule has 0 amide bonds. The number of allylic oxidation sites excluding steroid dienone is 3. The maximum atomic E-state index is 8.62. The van der Waals surface area contributed by atoms with Gasteiger partial charge in [-0.25, -0.2) is 0 Å². The summed E-state index contributed by atoms with van der Waals surface area (Å²) in [5.41, 5.74) is 0.882. The second-order valence-corrected chi connectivity index (χ2v) is 1.64. The molecule has 0 unspecified atom stereocenters. The SMILES string of the molecule is C=C/C=C(\C=C/C)CO.CC. The number of hydrogen-bond acceptors (Lipinski definition) is 1. The van der Waals surface area contributed by atoms with Crippen LogP contribution in [0.4, 0.5) is 0 Å². The van der Waals surface area contributed by atoms with Crippen LogP contribution in [0, 0.1) is 0 Å². The van der Waals surface area contributed by atoms with Crippen molar-refractivity contribution in [2.24, 2.45) is 0 Å². The molecule has 0 saturated carbocycles. The quantitative estimate of drug-likeness (QED) is 0.620. The van der Waals surface area contributed by atoms with E-state index >= 15 is 0 Å². The molecule has 0 aromatic carbocycles. The number of hydrogen-bond donors (Lipinski definition) is 1. The van der Waals surface area contributed by atoms with Gasteiger partial charge in [0.1, 0.15) is 0 Å². The molecular formula is C10H18O. The van der Waals surface area contributed by atoms with Crippen molar-refractivity contribution < 1.29 is 5.11 Å². The molecule has 0 aliphatic rings. The van der Waals surface area contributed by atoms with Crippen LogP contribution < -0.4 is 0 Å². The fourth-order valence-corrected chi connectivity index (χ4v) is 0.526. The third-order valence-corrected chi connectivity index (χ3v) is 0.895. The summed E-state index contributed by atoms with van der Waals surface area (Å²) in [6, 6.07) is 0. The predicted octanol–water partition coefficient (Wildman–Crippen LogP) is 2.69. The molecule has 1 nitrogen and oxygen atoms in total. The van der Waals surface area contributed by atoms with Crippen molar-refractivity contribution in [1.82, 2.24) is 0 Å². The molecule has 64 valence electrons. The van der Waals surface area contributed by atoms with Gasteiger partial charge in [-0.2, -0.15) is 0 Å². The standard InChI is InChI=1S/C8H12O.C2H6/c1-3-5-8(7-9)6-4-2;1-2/h3-6,9H,1,7H2,2H3;1-2H3/b6-4-,8-5+;. The van der Waals surface area contributed by atoms with Gasteiger partial charge in [-0.1, -0.05) is 44.7 Å². The Bertz CT molecular complexity index is 132. The lowest BCUT2D eigenvalue weighted by molar-refractivity contribution is 0.335. The first kappa shape index (κ1) is 12.8. The first-order chi connectivity index (χ1) is 5.35. The van der Waals surface area contributed by atoms with E-state index in [4.69, 9.17) is 5.11 Å². The summed E-state index contributed by atoms with van der Waals surface area (Å²) in [7, 11) is 0. The van der Waals surface area contributed by atoms with Gasteiger partial charge in [-0.05, 0) is 12.5 Å². The van der Waals surface area contributed by atoms with Crippen LogP contribution in [-0.2, 0) is 0 Å². The Balaban J connectivity index is 0. The van der Waals surface area contributed by atoms with E-state index in [9.17, 15) is 0 Å². The Hall–Kier alpha value is -0.820. The second kappa shape index (κ2) is 11.9. The molecule has 11 heavy (non-hydrogen) atoms. The van der Waals surface area contributed by atoms with Crippen molar-refractivity contribution in [3.8, 4) is 0 Å². The number of rotatable bonds is 3. The molecule has 0 aliphatic carbocycles. The first-order valence-electron chi connectivity index (χ1n) is 3.90. The van der Waals surface area contributed by atoms with Crippen LogP contribution in [0.1, 0.15) is 20.8 Å². The van der Waals surface area contributed by atoms with Gasteiger partial charge < -0.3 is 5.11 Å². The van der Waals surface area contributed by atoms with Crippen molar-refractivity contribution in [2.45, 2.75) is 20.8 Å². The molecule has 0 heterocycles. The Morgan fingerprint density at radius 2 is 2.00 bits per heavy atom. The van der Waals surface area contributed by atoms with Crippen LogP contribution >= 0.6 is 0 Å². The van der Waals surface area contributed by atoms with E-state index in [1.807, 2.05) is 32.9 Å². The molecule has 0 aliphatic heterocycles. The van der Waals surface area contributed by atoms with Crippen molar-refractivity contribution in [3.05, 3.63) is 36.5 Å². The zero-order chi connectivity index (χ0) is 9.11. The van der Waals surface area contributed by atoms with E-state index in [1.54, 1.807) is 12.2 Å². The molecule has 0 radical (unpaired) electrons. The Kier molecular flexibility index (Phi) is 13.9. The normalized spacial score (nSPS) is 10.7. The molecule has 0 aromatic heterocycles. The molecule has 0 aromatic rings. The highest BCUT2D eigenvalue weighted by Gasteiger charge is 1.82. The number of aliphatic hydroxyl groups is 1. The fourth-order valence-electron chi connectivity index (χ4n) is 0.526. The average molecular weight is 154 g/mol. The lowest BCUT2D eigenvalue weighted by Crippen LogP contribution is -1.83. The highest BCUT2D eigenvalue weighted by molar-refractivity contribution is 5.22. The minimum atomic E-state index is 0.0797. The molecule has 0 rings (SSSR count). The van der Waals surface area contributed by atoms with Gasteiger partial charge in [-0.15, -0.1) is 0 Å². The van der Waals surface area contributed by atoms with E-state index in [0.29, 0.717) is 0 Å². The zero-order valence-electron chi connectivity index (χ0n) is 7.67. The molecule has 1 heteroatoms. The van der Waals surface area contributed by atoms with Gasteiger partial charge in [0.05, 0.1) is 6.61 Å². The highest BCUT2D eigenvalue weighted by atomic mass is 16.3. The maximum Gasteiger partial charge on any atom is 0.0681 e. The molecule has 0 spiro atoms. The topological polar surface area (TPSA) is 20.2 Å². The van der Waals surface area contributed by atoms with E-state index in [1.165, 1.54) is 0 Å². The summed E-state index contributed by atoms with van der Waals surface area (Å²) in [6.45, 7) is 9.50. The van der Waals surface area contributed by atoms with Gasteiger partial charge in [0.2, 0.25) is 0 Å². The lowest BCUT2D eigenvalue weighted by atomic mass is 10.2. The largest absolute Gasteiger partial charge is 0.392 e. The molecule has 0 fully saturated rings. The third-order valence-electron chi connectivity index (χ3n) is 0.895. The fraction of sp³-hybridized carbons (Fsp3) is 0.400. The Labute approximate surface area is 69.8 Å². The smallest absolute Gasteiger partial charge is 0.0681 e. The van der Waals surface area contributed by atoms with Gasteiger partial charge in [0.25, 0.3) is 0 Å². The zero-order valence-corrected chi connectivity index (χ0v) is 7.67.